The van der Waals surface area contributed by atoms with E-state index in [4.69, 9.17) is 0 Å². The third-order valence-corrected chi connectivity index (χ3v) is 5.41. The largest absolute Gasteiger partial charge is 0.346 e. The van der Waals surface area contributed by atoms with Gasteiger partial charge in [0.1, 0.15) is 0 Å². The number of carbonyl (C=O) groups is 2. The van der Waals surface area contributed by atoms with Crippen molar-refractivity contribution >= 4 is 17.5 Å². The molecule has 0 aromatic heterocycles. The van der Waals surface area contributed by atoms with Crippen LogP contribution in [0.1, 0.15) is 40.3 Å². The molecule has 0 radical (unpaired) electrons. The molecule has 3 rings (SSSR count). The second-order valence-corrected chi connectivity index (χ2v) is 7.77. The molecule has 2 aromatic rings. The molecular weight excluding hydrogens is 350 g/mol. The number of likely N-dealkylation sites (N-methyl/N-ethyl adjacent to an activating group) is 1. The lowest BCUT2D eigenvalue weighted by Crippen LogP contribution is -2.40. The van der Waals surface area contributed by atoms with E-state index in [1.165, 1.54) is 11.1 Å². The molecule has 0 spiro atoms. The molecule has 148 valence electrons. The molecule has 5 heteroatoms. The average Bonchev–Trinajstić information content (AvgIpc) is 3.07. The lowest BCUT2D eigenvalue weighted by atomic mass is 10.1. The summed E-state index contributed by atoms with van der Waals surface area (Å²) >= 11 is 0. The maximum Gasteiger partial charge on any atom is 0.243 e. The van der Waals surface area contributed by atoms with Crippen LogP contribution in [-0.2, 0) is 16.0 Å². The number of fused-ring (bicyclic) bond motifs is 1. The molecule has 0 heterocycles. The van der Waals surface area contributed by atoms with Gasteiger partial charge in [0.15, 0.2) is 0 Å². The Labute approximate surface area is 167 Å². The van der Waals surface area contributed by atoms with E-state index in [2.05, 4.69) is 33.7 Å². The predicted octanol–water partition coefficient (Wildman–Crippen LogP) is 3.29. The number of rotatable bonds is 6. The first-order valence-electron chi connectivity index (χ1n) is 9.77. The fourth-order valence-corrected chi connectivity index (χ4v) is 4.12. The van der Waals surface area contributed by atoms with E-state index in [0.717, 1.165) is 35.2 Å². The first-order chi connectivity index (χ1) is 13.3. The van der Waals surface area contributed by atoms with E-state index in [-0.39, 0.29) is 30.9 Å². The minimum Gasteiger partial charge on any atom is -0.346 e. The summed E-state index contributed by atoms with van der Waals surface area (Å²) in [7, 11) is 1.96. The van der Waals surface area contributed by atoms with Crippen LogP contribution >= 0.6 is 0 Å². The molecule has 1 aliphatic carbocycles. The normalized spacial score (nSPS) is 15.4. The van der Waals surface area contributed by atoms with Crippen LogP contribution in [0.5, 0.6) is 0 Å². The highest BCUT2D eigenvalue weighted by atomic mass is 16.2. The van der Waals surface area contributed by atoms with Crippen molar-refractivity contribution in [2.45, 2.75) is 39.7 Å². The number of nitrogens with zero attached hydrogens (tertiary/aromatic N) is 1. The molecule has 1 atom stereocenters. The summed E-state index contributed by atoms with van der Waals surface area (Å²) in [6.45, 7) is 6.23. The van der Waals surface area contributed by atoms with Gasteiger partial charge < -0.3 is 10.6 Å². The second-order valence-electron chi connectivity index (χ2n) is 7.77. The molecule has 2 N–H and O–H groups in total. The highest BCUT2D eigenvalue weighted by Gasteiger charge is 2.26. The minimum absolute atomic E-state index is 0.0271. The number of amides is 2. The van der Waals surface area contributed by atoms with Crippen molar-refractivity contribution in [1.82, 2.24) is 10.2 Å². The highest BCUT2D eigenvalue weighted by molar-refractivity contribution is 5.96. The van der Waals surface area contributed by atoms with Crippen LogP contribution < -0.4 is 10.6 Å². The summed E-state index contributed by atoms with van der Waals surface area (Å²) in [5.41, 5.74) is 6.71. The minimum atomic E-state index is -0.211. The standard InChI is InChI=1S/C23H29N3O2/c1-15-11-16(2)23(17(3)12-15)25-21(27)13-24-22(28)14-26(4)20-10-9-18-7-5-6-8-19(18)20/h5-8,11-12,20H,9-10,13-14H2,1-4H3,(H,24,28)(H,25,27). The summed E-state index contributed by atoms with van der Waals surface area (Å²) in [4.78, 5) is 26.7. The maximum absolute atomic E-state index is 12.3. The number of carbonyl (C=O) groups excluding carboxylic acids is 2. The first kappa shape index (κ1) is 20.1. The molecule has 28 heavy (non-hydrogen) atoms. The Balaban J connectivity index is 1.50. The van der Waals surface area contributed by atoms with Gasteiger partial charge in [-0.2, -0.15) is 0 Å². The first-order valence-corrected chi connectivity index (χ1v) is 9.77. The zero-order chi connectivity index (χ0) is 20.3. The molecule has 0 fully saturated rings. The van der Waals surface area contributed by atoms with Gasteiger partial charge in [0.05, 0.1) is 13.1 Å². The van der Waals surface area contributed by atoms with Gasteiger partial charge in [0.2, 0.25) is 11.8 Å². The van der Waals surface area contributed by atoms with E-state index in [0.29, 0.717) is 0 Å². The third kappa shape index (κ3) is 4.60. The van der Waals surface area contributed by atoms with Crippen LogP contribution in [0.2, 0.25) is 0 Å². The van der Waals surface area contributed by atoms with E-state index in [1.807, 2.05) is 46.0 Å². The highest BCUT2D eigenvalue weighted by Crippen LogP contribution is 2.34. The summed E-state index contributed by atoms with van der Waals surface area (Å²) in [6.07, 6.45) is 2.07. The molecule has 1 unspecified atom stereocenters. The summed E-state index contributed by atoms with van der Waals surface area (Å²) in [5, 5.41) is 5.65. The lowest BCUT2D eigenvalue weighted by Gasteiger charge is -2.24. The Hall–Kier alpha value is -2.66. The number of hydrogen-bond acceptors (Lipinski definition) is 3. The van der Waals surface area contributed by atoms with Crippen molar-refractivity contribution in [2.75, 3.05) is 25.5 Å². The van der Waals surface area contributed by atoms with Crippen LogP contribution in [0.15, 0.2) is 36.4 Å². The topological polar surface area (TPSA) is 61.4 Å². The number of nitrogens with one attached hydrogen (secondary N) is 2. The van der Waals surface area contributed by atoms with Crippen LogP contribution in [0, 0.1) is 20.8 Å². The van der Waals surface area contributed by atoms with Crippen molar-refractivity contribution in [3.63, 3.8) is 0 Å². The Kier molecular flexibility index (Phi) is 6.15. The van der Waals surface area contributed by atoms with Crippen molar-refractivity contribution in [2.24, 2.45) is 0 Å². The maximum atomic E-state index is 12.3. The number of aryl methyl sites for hydroxylation is 4. The lowest BCUT2D eigenvalue weighted by molar-refractivity contribution is -0.125. The molecule has 2 aromatic carbocycles. The van der Waals surface area contributed by atoms with Gasteiger partial charge >= 0.3 is 0 Å². The van der Waals surface area contributed by atoms with Crippen LogP contribution in [0.4, 0.5) is 5.69 Å². The van der Waals surface area contributed by atoms with Crippen molar-refractivity contribution < 1.29 is 9.59 Å². The third-order valence-electron chi connectivity index (χ3n) is 5.41. The zero-order valence-corrected chi connectivity index (χ0v) is 17.1. The summed E-state index contributed by atoms with van der Waals surface area (Å²) in [6, 6.07) is 12.7. The van der Waals surface area contributed by atoms with Crippen molar-refractivity contribution in [3.8, 4) is 0 Å². The number of hydrogen-bond donors (Lipinski definition) is 2. The molecule has 0 saturated heterocycles. The molecule has 0 bridgehead atoms. The van der Waals surface area contributed by atoms with Crippen molar-refractivity contribution in [1.29, 1.82) is 0 Å². The predicted molar refractivity (Wildman–Crippen MR) is 112 cm³/mol. The second kappa shape index (κ2) is 8.57. The van der Waals surface area contributed by atoms with Gasteiger partial charge in [-0.25, -0.2) is 0 Å². The Morgan fingerprint density at radius 3 is 2.46 bits per heavy atom. The summed E-state index contributed by atoms with van der Waals surface area (Å²) in [5.74, 6) is -0.350. The van der Waals surface area contributed by atoms with Crippen molar-refractivity contribution in [3.05, 3.63) is 64.2 Å². The fourth-order valence-electron chi connectivity index (χ4n) is 4.12. The molecule has 1 aliphatic rings. The van der Waals surface area contributed by atoms with Gasteiger partial charge in [-0.05, 0) is 62.9 Å². The Morgan fingerprint density at radius 2 is 1.75 bits per heavy atom. The molecule has 0 saturated carbocycles. The van der Waals surface area contributed by atoms with Crippen LogP contribution in [0.3, 0.4) is 0 Å². The zero-order valence-electron chi connectivity index (χ0n) is 17.1. The van der Waals surface area contributed by atoms with E-state index in [1.54, 1.807) is 0 Å². The van der Waals surface area contributed by atoms with Crippen LogP contribution in [0.25, 0.3) is 0 Å². The van der Waals surface area contributed by atoms with Gasteiger partial charge in [-0.3, -0.25) is 14.5 Å². The fraction of sp³-hybridized carbons (Fsp3) is 0.391. The SMILES string of the molecule is Cc1cc(C)c(NC(=O)CNC(=O)CN(C)C2CCc3ccccc32)c(C)c1. The van der Waals surface area contributed by atoms with Crippen LogP contribution in [-0.4, -0.2) is 36.9 Å². The Bertz CT molecular complexity index is 868. The quantitative estimate of drug-likeness (QED) is 0.810. The van der Waals surface area contributed by atoms with Gasteiger partial charge in [0, 0.05) is 11.7 Å². The van der Waals surface area contributed by atoms with E-state index in [9.17, 15) is 9.59 Å². The monoisotopic (exact) mass is 379 g/mol. The Morgan fingerprint density at radius 1 is 1.07 bits per heavy atom. The van der Waals surface area contributed by atoms with E-state index < -0.39 is 0 Å². The van der Waals surface area contributed by atoms with Gasteiger partial charge in [-0.1, -0.05) is 42.0 Å². The molecule has 5 nitrogen and oxygen atoms in total. The average molecular weight is 380 g/mol. The number of anilines is 1. The van der Waals surface area contributed by atoms with E-state index >= 15 is 0 Å². The summed E-state index contributed by atoms with van der Waals surface area (Å²) < 4.78 is 0. The van der Waals surface area contributed by atoms with Gasteiger partial charge in [0.25, 0.3) is 0 Å². The molecular formula is C23H29N3O2. The smallest absolute Gasteiger partial charge is 0.243 e. The van der Waals surface area contributed by atoms with Gasteiger partial charge in [-0.15, -0.1) is 0 Å². The molecule has 2 amide bonds. The number of benzene rings is 2. The molecule has 0 aliphatic heterocycles.